The molecule has 0 heterocycles. The van der Waals surface area contributed by atoms with Gasteiger partial charge in [-0.05, 0) is 23.5 Å². The summed E-state index contributed by atoms with van der Waals surface area (Å²) < 4.78 is 0. The van der Waals surface area contributed by atoms with Crippen LogP contribution in [0.1, 0.15) is 30.9 Å². The van der Waals surface area contributed by atoms with E-state index >= 15 is 0 Å². The van der Waals surface area contributed by atoms with Crippen molar-refractivity contribution in [3.05, 3.63) is 35.4 Å². The van der Waals surface area contributed by atoms with Crippen molar-refractivity contribution < 1.29 is 4.79 Å². The van der Waals surface area contributed by atoms with Crippen LogP contribution in [0.4, 0.5) is 0 Å². The highest BCUT2D eigenvalue weighted by molar-refractivity contribution is 5.81. The van der Waals surface area contributed by atoms with Crippen molar-refractivity contribution in [3.63, 3.8) is 0 Å². The summed E-state index contributed by atoms with van der Waals surface area (Å²) in [5.74, 6) is 0.381. The summed E-state index contributed by atoms with van der Waals surface area (Å²) in [7, 11) is 1.60. The average Bonchev–Trinajstić information content (AvgIpc) is 2.28. The smallest absolute Gasteiger partial charge is 0.237 e. The van der Waals surface area contributed by atoms with E-state index < -0.39 is 6.04 Å². The van der Waals surface area contributed by atoms with E-state index in [1.54, 1.807) is 7.05 Å². The normalized spacial score (nSPS) is 12.6. The van der Waals surface area contributed by atoms with Crippen LogP contribution in [0.3, 0.4) is 0 Å². The van der Waals surface area contributed by atoms with Gasteiger partial charge in [0.1, 0.15) is 0 Å². The molecule has 0 saturated carbocycles. The van der Waals surface area contributed by atoms with Gasteiger partial charge in [-0.3, -0.25) is 4.79 Å². The van der Waals surface area contributed by atoms with Gasteiger partial charge in [0.2, 0.25) is 5.91 Å². The number of carbonyl (C=O) groups is 1. The summed E-state index contributed by atoms with van der Waals surface area (Å²) >= 11 is 0. The Morgan fingerprint density at radius 2 is 2.12 bits per heavy atom. The Morgan fingerprint density at radius 3 is 2.69 bits per heavy atom. The van der Waals surface area contributed by atoms with E-state index in [0.29, 0.717) is 12.3 Å². The van der Waals surface area contributed by atoms with Crippen LogP contribution in [-0.4, -0.2) is 19.0 Å². The van der Waals surface area contributed by atoms with Crippen LogP contribution in [0.5, 0.6) is 0 Å². The van der Waals surface area contributed by atoms with E-state index in [4.69, 9.17) is 5.73 Å². The molecule has 0 aliphatic carbocycles. The van der Waals surface area contributed by atoms with Crippen molar-refractivity contribution in [1.29, 1.82) is 0 Å². The lowest BCUT2D eigenvalue weighted by atomic mass is 9.98. The predicted octanol–water partition coefficient (Wildman–Crippen LogP) is 1.43. The maximum atomic E-state index is 11.3. The van der Waals surface area contributed by atoms with Crippen LogP contribution in [0.15, 0.2) is 24.3 Å². The molecule has 1 rings (SSSR count). The molecule has 1 aromatic rings. The van der Waals surface area contributed by atoms with E-state index in [2.05, 4.69) is 31.3 Å². The highest BCUT2D eigenvalue weighted by atomic mass is 16.2. The zero-order chi connectivity index (χ0) is 12.1. The van der Waals surface area contributed by atoms with Gasteiger partial charge in [0, 0.05) is 7.05 Å². The first-order valence-electron chi connectivity index (χ1n) is 5.60. The Morgan fingerprint density at radius 1 is 1.44 bits per heavy atom. The third-order valence-corrected chi connectivity index (χ3v) is 2.66. The second-order valence-corrected chi connectivity index (χ2v) is 4.32. The molecule has 0 aliphatic rings. The van der Waals surface area contributed by atoms with Crippen LogP contribution in [-0.2, 0) is 11.2 Å². The Hall–Kier alpha value is -1.35. The van der Waals surface area contributed by atoms with Gasteiger partial charge in [-0.25, -0.2) is 0 Å². The first-order valence-corrected chi connectivity index (χ1v) is 5.60. The van der Waals surface area contributed by atoms with Crippen molar-refractivity contribution in [2.45, 2.75) is 32.2 Å². The third-order valence-electron chi connectivity index (χ3n) is 2.66. The Bertz CT molecular complexity index is 361. The number of hydrogen-bond donors (Lipinski definition) is 2. The fourth-order valence-electron chi connectivity index (χ4n) is 1.61. The maximum Gasteiger partial charge on any atom is 0.237 e. The van der Waals surface area contributed by atoms with Crippen LogP contribution >= 0.6 is 0 Å². The Labute approximate surface area is 97.0 Å². The van der Waals surface area contributed by atoms with Crippen LogP contribution < -0.4 is 11.1 Å². The van der Waals surface area contributed by atoms with Gasteiger partial charge in [-0.1, -0.05) is 38.1 Å². The molecule has 88 valence electrons. The van der Waals surface area contributed by atoms with Gasteiger partial charge < -0.3 is 11.1 Å². The lowest BCUT2D eigenvalue weighted by Crippen LogP contribution is -2.40. The van der Waals surface area contributed by atoms with Gasteiger partial charge in [0.25, 0.3) is 0 Å². The molecule has 3 N–H and O–H groups in total. The molecule has 0 aromatic heterocycles. The second-order valence-electron chi connectivity index (χ2n) is 4.32. The number of hydrogen-bond acceptors (Lipinski definition) is 2. The van der Waals surface area contributed by atoms with Crippen molar-refractivity contribution in [1.82, 2.24) is 5.32 Å². The largest absolute Gasteiger partial charge is 0.358 e. The summed E-state index contributed by atoms with van der Waals surface area (Å²) in [5.41, 5.74) is 8.17. The number of amides is 1. The SMILES string of the molecule is CNC(=O)C(N)Cc1cccc(C(C)C)c1. The molecule has 1 amide bonds. The van der Waals surface area contributed by atoms with Gasteiger partial charge in [0.15, 0.2) is 0 Å². The zero-order valence-electron chi connectivity index (χ0n) is 10.2. The molecule has 0 radical (unpaired) electrons. The zero-order valence-corrected chi connectivity index (χ0v) is 10.2. The molecule has 1 unspecified atom stereocenters. The molecule has 1 aromatic carbocycles. The van der Waals surface area contributed by atoms with Crippen LogP contribution in [0.2, 0.25) is 0 Å². The van der Waals surface area contributed by atoms with E-state index in [9.17, 15) is 4.79 Å². The molecule has 0 spiro atoms. The molecule has 0 bridgehead atoms. The van der Waals surface area contributed by atoms with E-state index in [1.165, 1.54) is 5.56 Å². The molecule has 0 fully saturated rings. The van der Waals surface area contributed by atoms with E-state index in [1.807, 2.05) is 12.1 Å². The molecule has 3 nitrogen and oxygen atoms in total. The van der Waals surface area contributed by atoms with Gasteiger partial charge in [-0.15, -0.1) is 0 Å². The van der Waals surface area contributed by atoms with Crippen molar-refractivity contribution >= 4 is 5.91 Å². The number of benzene rings is 1. The lowest BCUT2D eigenvalue weighted by molar-refractivity contribution is -0.121. The quantitative estimate of drug-likeness (QED) is 0.806. The number of nitrogens with two attached hydrogens (primary N) is 1. The summed E-state index contributed by atoms with van der Waals surface area (Å²) in [4.78, 5) is 11.3. The van der Waals surface area contributed by atoms with Gasteiger partial charge >= 0.3 is 0 Å². The fraction of sp³-hybridized carbons (Fsp3) is 0.462. The minimum absolute atomic E-state index is 0.116. The molecule has 3 heteroatoms. The van der Waals surface area contributed by atoms with Crippen molar-refractivity contribution in [2.75, 3.05) is 7.05 Å². The first kappa shape index (κ1) is 12.7. The maximum absolute atomic E-state index is 11.3. The topological polar surface area (TPSA) is 55.1 Å². The summed E-state index contributed by atoms with van der Waals surface area (Å²) in [6.07, 6.45) is 0.584. The number of likely N-dealkylation sites (N-methyl/N-ethyl adjacent to an activating group) is 1. The summed E-state index contributed by atoms with van der Waals surface area (Å²) in [6, 6.07) is 7.77. The molecular weight excluding hydrogens is 200 g/mol. The first-order chi connectivity index (χ1) is 7.54. The third kappa shape index (κ3) is 3.35. The average molecular weight is 220 g/mol. The number of rotatable bonds is 4. The molecule has 16 heavy (non-hydrogen) atoms. The monoisotopic (exact) mass is 220 g/mol. The van der Waals surface area contributed by atoms with E-state index in [-0.39, 0.29) is 5.91 Å². The lowest BCUT2D eigenvalue weighted by Gasteiger charge is -2.12. The molecule has 0 saturated heterocycles. The molecular formula is C13H20N2O. The van der Waals surface area contributed by atoms with Gasteiger partial charge in [0.05, 0.1) is 6.04 Å². The standard InChI is InChI=1S/C13H20N2O/c1-9(2)11-6-4-5-10(7-11)8-12(14)13(16)15-3/h4-7,9,12H,8,14H2,1-3H3,(H,15,16). The Kier molecular flexibility index (Phi) is 4.50. The van der Waals surface area contributed by atoms with Crippen LogP contribution in [0.25, 0.3) is 0 Å². The predicted molar refractivity (Wildman–Crippen MR) is 66.3 cm³/mol. The highest BCUT2D eigenvalue weighted by Crippen LogP contribution is 2.16. The molecule has 1 atom stereocenters. The Balaban J connectivity index is 2.74. The fourth-order valence-corrected chi connectivity index (χ4v) is 1.61. The van der Waals surface area contributed by atoms with Crippen LogP contribution in [0, 0.1) is 0 Å². The number of nitrogens with one attached hydrogen (secondary N) is 1. The van der Waals surface area contributed by atoms with Gasteiger partial charge in [-0.2, -0.15) is 0 Å². The minimum atomic E-state index is -0.465. The summed E-state index contributed by atoms with van der Waals surface area (Å²) in [5, 5.41) is 2.56. The highest BCUT2D eigenvalue weighted by Gasteiger charge is 2.12. The second kappa shape index (κ2) is 5.66. The minimum Gasteiger partial charge on any atom is -0.358 e. The molecule has 0 aliphatic heterocycles. The van der Waals surface area contributed by atoms with Crippen molar-refractivity contribution in [3.8, 4) is 0 Å². The van der Waals surface area contributed by atoms with E-state index in [0.717, 1.165) is 5.56 Å². The number of carbonyl (C=O) groups excluding carboxylic acids is 1. The summed E-state index contributed by atoms with van der Waals surface area (Å²) in [6.45, 7) is 4.30. The van der Waals surface area contributed by atoms with Crippen molar-refractivity contribution in [2.24, 2.45) is 5.73 Å².